The summed E-state index contributed by atoms with van der Waals surface area (Å²) in [7, 11) is 0. The zero-order chi connectivity index (χ0) is 13.6. The molecule has 1 unspecified atom stereocenters. The predicted molar refractivity (Wildman–Crippen MR) is 77.2 cm³/mol. The van der Waals surface area contributed by atoms with Crippen LogP contribution in [-0.4, -0.2) is 12.4 Å². The van der Waals surface area contributed by atoms with E-state index in [2.05, 4.69) is 12.1 Å². The van der Waals surface area contributed by atoms with Gasteiger partial charge in [0.25, 0.3) is 0 Å². The maximum absolute atomic E-state index is 12.9. The van der Waals surface area contributed by atoms with Crippen LogP contribution in [0.15, 0.2) is 48.5 Å². The van der Waals surface area contributed by atoms with E-state index in [0.29, 0.717) is 12.4 Å². The van der Waals surface area contributed by atoms with Crippen molar-refractivity contribution in [3.63, 3.8) is 0 Å². The summed E-state index contributed by atoms with van der Waals surface area (Å²) in [6.07, 6.45) is 2.44. The van der Waals surface area contributed by atoms with Gasteiger partial charge in [0.1, 0.15) is 5.75 Å². The summed E-state index contributed by atoms with van der Waals surface area (Å²) in [5, 5.41) is 0. The maximum atomic E-state index is 12.9. The van der Waals surface area contributed by atoms with E-state index >= 15 is 0 Å². The number of benzene rings is 2. The Morgan fingerprint density at radius 3 is 2.45 bits per heavy atom. The summed E-state index contributed by atoms with van der Waals surface area (Å²) in [5.74, 6) is 1.24. The van der Waals surface area contributed by atoms with Gasteiger partial charge < -0.3 is 4.74 Å². The Hall–Kier alpha value is -2.09. The average Bonchev–Trinajstić information content (AvgIpc) is 2.64. The minimum Gasteiger partial charge on any atom is -0.493 e. The summed E-state index contributed by atoms with van der Waals surface area (Å²) in [5.41, 5.74) is 2.96. The Balaban J connectivity index is 1.79. The van der Waals surface area contributed by atoms with Crippen molar-refractivity contribution in [2.45, 2.75) is 19.3 Å². The first kappa shape index (κ1) is 11.7. The number of fused-ring (bicyclic) bond motifs is 2. The van der Waals surface area contributed by atoms with Gasteiger partial charge in [-0.2, -0.15) is 0 Å². The largest absolute Gasteiger partial charge is 0.493 e. The second-order valence-electron chi connectivity index (χ2n) is 5.83. The van der Waals surface area contributed by atoms with Crippen LogP contribution < -0.4 is 4.74 Å². The Morgan fingerprint density at radius 2 is 1.60 bits per heavy atom. The molecule has 0 saturated heterocycles. The zero-order valence-corrected chi connectivity index (χ0v) is 11.3. The second kappa shape index (κ2) is 4.20. The highest BCUT2D eigenvalue weighted by molar-refractivity contribution is 6.05. The molecule has 0 amide bonds. The standard InChI is InChI=1S/C18H16O2/c19-17-15-7-3-1-5-13(15)11-18(17)9-10-20-16-8-4-2-6-14(16)12-18/h1-8H,9-12H2. The molecule has 2 heteroatoms. The number of Topliss-reactive ketones (excluding diaryl/α,β-unsaturated/α-hetero) is 1. The molecule has 20 heavy (non-hydrogen) atoms. The molecule has 2 aromatic rings. The highest BCUT2D eigenvalue weighted by atomic mass is 16.5. The molecule has 1 atom stereocenters. The quantitative estimate of drug-likeness (QED) is 0.728. The molecule has 1 aliphatic heterocycles. The molecule has 4 rings (SSSR count). The SMILES string of the molecule is O=C1c2ccccc2CC12CCOc1ccccc1C2. The third-order valence-corrected chi connectivity index (χ3v) is 4.61. The van der Waals surface area contributed by atoms with Crippen LogP contribution >= 0.6 is 0 Å². The fraction of sp³-hybridized carbons (Fsp3) is 0.278. The molecule has 0 aromatic heterocycles. The van der Waals surface area contributed by atoms with E-state index in [1.807, 2.05) is 36.4 Å². The third kappa shape index (κ3) is 1.61. The molecule has 2 aromatic carbocycles. The van der Waals surface area contributed by atoms with Gasteiger partial charge in [-0.05, 0) is 36.5 Å². The molecule has 2 aliphatic rings. The summed E-state index contributed by atoms with van der Waals surface area (Å²) in [6.45, 7) is 0.622. The molecule has 0 fully saturated rings. The minimum atomic E-state index is -0.295. The molecular weight excluding hydrogens is 248 g/mol. The average molecular weight is 264 g/mol. The number of rotatable bonds is 0. The zero-order valence-electron chi connectivity index (χ0n) is 11.3. The third-order valence-electron chi connectivity index (χ3n) is 4.61. The first-order chi connectivity index (χ1) is 9.78. The lowest BCUT2D eigenvalue weighted by atomic mass is 9.76. The van der Waals surface area contributed by atoms with Crippen molar-refractivity contribution in [2.75, 3.05) is 6.61 Å². The van der Waals surface area contributed by atoms with Crippen LogP contribution in [0.5, 0.6) is 5.75 Å². The van der Waals surface area contributed by atoms with Gasteiger partial charge in [-0.3, -0.25) is 4.79 Å². The molecular formula is C18H16O2. The first-order valence-corrected chi connectivity index (χ1v) is 7.12. The molecule has 0 bridgehead atoms. The lowest BCUT2D eigenvalue weighted by Crippen LogP contribution is -2.31. The van der Waals surface area contributed by atoms with E-state index in [1.54, 1.807) is 0 Å². The van der Waals surface area contributed by atoms with E-state index in [0.717, 1.165) is 36.1 Å². The van der Waals surface area contributed by atoms with E-state index in [-0.39, 0.29) is 5.41 Å². The van der Waals surface area contributed by atoms with E-state index in [9.17, 15) is 4.79 Å². The Morgan fingerprint density at radius 1 is 0.900 bits per heavy atom. The van der Waals surface area contributed by atoms with Crippen molar-refractivity contribution in [3.8, 4) is 5.75 Å². The van der Waals surface area contributed by atoms with Crippen molar-refractivity contribution in [1.82, 2.24) is 0 Å². The lowest BCUT2D eigenvalue weighted by Gasteiger charge is -2.24. The monoisotopic (exact) mass is 264 g/mol. The van der Waals surface area contributed by atoms with Gasteiger partial charge in [0.2, 0.25) is 0 Å². The molecule has 0 radical (unpaired) electrons. The Kier molecular flexibility index (Phi) is 2.46. The van der Waals surface area contributed by atoms with Crippen LogP contribution in [0.25, 0.3) is 0 Å². The topological polar surface area (TPSA) is 26.3 Å². The molecule has 1 aliphatic carbocycles. The lowest BCUT2D eigenvalue weighted by molar-refractivity contribution is 0.0789. The summed E-state index contributed by atoms with van der Waals surface area (Å²) < 4.78 is 5.83. The fourth-order valence-electron chi connectivity index (χ4n) is 3.57. The van der Waals surface area contributed by atoms with Gasteiger partial charge in [0.05, 0.1) is 6.61 Å². The number of ether oxygens (including phenoxy) is 1. The Labute approximate surface area is 118 Å². The number of hydrogen-bond donors (Lipinski definition) is 0. The van der Waals surface area contributed by atoms with E-state index in [4.69, 9.17) is 4.74 Å². The van der Waals surface area contributed by atoms with E-state index < -0.39 is 0 Å². The maximum Gasteiger partial charge on any atom is 0.170 e. The smallest absolute Gasteiger partial charge is 0.170 e. The Bertz CT molecular complexity index is 689. The van der Waals surface area contributed by atoms with Crippen molar-refractivity contribution in [1.29, 1.82) is 0 Å². The molecule has 0 saturated carbocycles. The van der Waals surface area contributed by atoms with Crippen LogP contribution in [0.1, 0.15) is 27.9 Å². The summed E-state index contributed by atoms with van der Waals surface area (Å²) in [6, 6.07) is 16.1. The van der Waals surface area contributed by atoms with Crippen LogP contribution in [0, 0.1) is 5.41 Å². The molecule has 0 N–H and O–H groups in total. The van der Waals surface area contributed by atoms with Crippen molar-refractivity contribution >= 4 is 5.78 Å². The number of para-hydroxylation sites is 1. The number of hydrogen-bond acceptors (Lipinski definition) is 2. The molecule has 2 nitrogen and oxygen atoms in total. The predicted octanol–water partition coefficient (Wildman–Crippen LogP) is 3.44. The molecule has 1 heterocycles. The van der Waals surface area contributed by atoms with Crippen LogP contribution in [0.2, 0.25) is 0 Å². The van der Waals surface area contributed by atoms with Gasteiger partial charge in [0.15, 0.2) is 5.78 Å². The van der Waals surface area contributed by atoms with Crippen molar-refractivity contribution in [3.05, 3.63) is 65.2 Å². The molecule has 100 valence electrons. The number of ketones is 1. The van der Waals surface area contributed by atoms with Gasteiger partial charge in [0, 0.05) is 11.0 Å². The normalized spacial score (nSPS) is 23.9. The van der Waals surface area contributed by atoms with E-state index in [1.165, 1.54) is 5.56 Å². The summed E-state index contributed by atoms with van der Waals surface area (Å²) in [4.78, 5) is 12.9. The minimum absolute atomic E-state index is 0.295. The number of carbonyl (C=O) groups is 1. The van der Waals surface area contributed by atoms with Gasteiger partial charge in [-0.1, -0.05) is 42.5 Å². The van der Waals surface area contributed by atoms with Crippen LogP contribution in [0.3, 0.4) is 0 Å². The van der Waals surface area contributed by atoms with Gasteiger partial charge >= 0.3 is 0 Å². The van der Waals surface area contributed by atoms with Crippen LogP contribution in [-0.2, 0) is 12.8 Å². The van der Waals surface area contributed by atoms with Gasteiger partial charge in [-0.15, -0.1) is 0 Å². The van der Waals surface area contributed by atoms with Crippen molar-refractivity contribution < 1.29 is 9.53 Å². The van der Waals surface area contributed by atoms with Crippen LogP contribution in [0.4, 0.5) is 0 Å². The number of carbonyl (C=O) groups excluding carboxylic acids is 1. The molecule has 1 spiro atoms. The fourth-order valence-corrected chi connectivity index (χ4v) is 3.57. The summed E-state index contributed by atoms with van der Waals surface area (Å²) >= 11 is 0. The first-order valence-electron chi connectivity index (χ1n) is 7.12. The van der Waals surface area contributed by atoms with Crippen molar-refractivity contribution in [2.24, 2.45) is 5.41 Å². The second-order valence-corrected chi connectivity index (χ2v) is 5.83. The highest BCUT2D eigenvalue weighted by Gasteiger charge is 2.46. The van der Waals surface area contributed by atoms with Gasteiger partial charge in [-0.25, -0.2) is 0 Å². The highest BCUT2D eigenvalue weighted by Crippen LogP contribution is 2.45.